The third kappa shape index (κ3) is 3.65. The van der Waals surface area contributed by atoms with Gasteiger partial charge in [-0.1, -0.05) is 6.92 Å². The molecule has 0 saturated carbocycles. The van der Waals surface area contributed by atoms with Crippen LogP contribution in [0.2, 0.25) is 0 Å². The maximum atomic E-state index is 6.11. The summed E-state index contributed by atoms with van der Waals surface area (Å²) in [7, 11) is 0. The third-order valence-electron chi connectivity index (χ3n) is 4.67. The largest absolute Gasteiger partial charge is 0.381 e. The molecule has 2 saturated heterocycles. The van der Waals surface area contributed by atoms with Crippen LogP contribution in [-0.4, -0.2) is 36.4 Å². The molecule has 2 fully saturated rings. The molecular weight excluding hydrogens is 284 g/mol. The highest BCUT2D eigenvalue weighted by Crippen LogP contribution is 2.35. The van der Waals surface area contributed by atoms with E-state index >= 15 is 0 Å². The lowest BCUT2D eigenvalue weighted by Gasteiger charge is -2.44. The van der Waals surface area contributed by atoms with Gasteiger partial charge in [0.15, 0.2) is 0 Å². The predicted molar refractivity (Wildman–Crippen MR) is 84.8 cm³/mol. The summed E-state index contributed by atoms with van der Waals surface area (Å²) >= 11 is 1.83. The molecule has 118 valence electrons. The van der Waals surface area contributed by atoms with Gasteiger partial charge in [0.05, 0.1) is 11.6 Å². The van der Waals surface area contributed by atoms with Gasteiger partial charge in [-0.15, -0.1) is 11.3 Å². The maximum absolute atomic E-state index is 6.11. The van der Waals surface area contributed by atoms with Crippen LogP contribution in [0, 0.1) is 0 Å². The molecule has 21 heavy (non-hydrogen) atoms. The van der Waals surface area contributed by atoms with Crippen molar-refractivity contribution in [1.82, 2.24) is 10.3 Å². The Labute approximate surface area is 131 Å². The van der Waals surface area contributed by atoms with Crippen LogP contribution in [0.15, 0.2) is 6.20 Å². The maximum Gasteiger partial charge on any atom is 0.109 e. The quantitative estimate of drug-likeness (QED) is 0.928. The zero-order chi connectivity index (χ0) is 14.7. The lowest BCUT2D eigenvalue weighted by atomic mass is 9.84. The topological polar surface area (TPSA) is 43.4 Å². The second-order valence-electron chi connectivity index (χ2n) is 6.24. The van der Waals surface area contributed by atoms with Crippen LogP contribution in [-0.2, 0) is 15.9 Å². The molecule has 2 aliphatic heterocycles. The minimum Gasteiger partial charge on any atom is -0.381 e. The summed E-state index contributed by atoms with van der Waals surface area (Å²) in [5.74, 6) is 0. The van der Waals surface area contributed by atoms with Crippen molar-refractivity contribution in [2.75, 3.05) is 19.8 Å². The molecule has 4 nitrogen and oxygen atoms in total. The van der Waals surface area contributed by atoms with Crippen molar-refractivity contribution in [2.24, 2.45) is 0 Å². The monoisotopic (exact) mass is 310 g/mol. The Morgan fingerprint density at radius 1 is 1.43 bits per heavy atom. The van der Waals surface area contributed by atoms with Gasteiger partial charge in [0.1, 0.15) is 5.01 Å². The van der Waals surface area contributed by atoms with Crippen molar-refractivity contribution < 1.29 is 9.47 Å². The van der Waals surface area contributed by atoms with E-state index in [9.17, 15) is 0 Å². The molecule has 3 heterocycles. The first-order valence-corrected chi connectivity index (χ1v) is 8.95. The fourth-order valence-electron chi connectivity index (χ4n) is 3.37. The van der Waals surface area contributed by atoms with Gasteiger partial charge < -0.3 is 14.8 Å². The van der Waals surface area contributed by atoms with Crippen molar-refractivity contribution in [3.63, 3.8) is 0 Å². The van der Waals surface area contributed by atoms with Gasteiger partial charge in [-0.3, -0.25) is 0 Å². The minimum absolute atomic E-state index is 0.0609. The van der Waals surface area contributed by atoms with E-state index < -0.39 is 0 Å². The number of nitrogens with one attached hydrogen (secondary N) is 1. The van der Waals surface area contributed by atoms with Gasteiger partial charge in [-0.2, -0.15) is 0 Å². The molecule has 0 radical (unpaired) electrons. The zero-order valence-electron chi connectivity index (χ0n) is 13.1. The SMILES string of the molecule is CCc1cnc(C(C)NC2CCOC3(CCOCC3)C2)s1. The van der Waals surface area contributed by atoms with E-state index in [1.807, 2.05) is 17.5 Å². The van der Waals surface area contributed by atoms with Crippen LogP contribution in [0.1, 0.15) is 55.5 Å². The van der Waals surface area contributed by atoms with E-state index in [4.69, 9.17) is 9.47 Å². The first-order valence-electron chi connectivity index (χ1n) is 8.13. The Kier molecular flexibility index (Phi) is 4.94. The first-order chi connectivity index (χ1) is 10.2. The van der Waals surface area contributed by atoms with E-state index in [0.717, 1.165) is 51.9 Å². The molecule has 1 spiro atoms. The van der Waals surface area contributed by atoms with Gasteiger partial charge in [-0.25, -0.2) is 4.98 Å². The van der Waals surface area contributed by atoms with E-state index in [0.29, 0.717) is 12.1 Å². The molecule has 1 aromatic rings. The molecule has 1 aromatic heterocycles. The van der Waals surface area contributed by atoms with Gasteiger partial charge in [0.2, 0.25) is 0 Å². The number of hydrogen-bond acceptors (Lipinski definition) is 5. The lowest BCUT2D eigenvalue weighted by molar-refractivity contribution is -0.140. The molecular formula is C16H26N2O2S. The second kappa shape index (κ2) is 6.73. The molecule has 0 amide bonds. The average Bonchev–Trinajstić information content (AvgIpc) is 2.97. The summed E-state index contributed by atoms with van der Waals surface area (Å²) < 4.78 is 11.6. The first kappa shape index (κ1) is 15.4. The second-order valence-corrected chi connectivity index (χ2v) is 7.39. The Hall–Kier alpha value is -0.490. The number of thiazole rings is 1. The molecule has 2 aliphatic rings. The number of aromatic nitrogens is 1. The summed E-state index contributed by atoms with van der Waals surface area (Å²) in [6.45, 7) is 6.96. The van der Waals surface area contributed by atoms with Crippen LogP contribution in [0.25, 0.3) is 0 Å². The number of aryl methyl sites for hydroxylation is 1. The van der Waals surface area contributed by atoms with Crippen LogP contribution in [0.5, 0.6) is 0 Å². The molecule has 0 aliphatic carbocycles. The number of ether oxygens (including phenoxy) is 2. The Bertz CT molecular complexity index is 451. The van der Waals surface area contributed by atoms with E-state index in [2.05, 4.69) is 24.1 Å². The Morgan fingerprint density at radius 2 is 2.24 bits per heavy atom. The van der Waals surface area contributed by atoms with E-state index in [1.165, 1.54) is 9.88 Å². The van der Waals surface area contributed by atoms with Crippen molar-refractivity contribution in [3.05, 3.63) is 16.1 Å². The molecule has 1 N–H and O–H groups in total. The highest BCUT2D eigenvalue weighted by atomic mass is 32.1. The van der Waals surface area contributed by atoms with E-state index in [-0.39, 0.29) is 5.60 Å². The number of hydrogen-bond donors (Lipinski definition) is 1. The highest BCUT2D eigenvalue weighted by Gasteiger charge is 2.39. The van der Waals surface area contributed by atoms with Crippen LogP contribution in [0.4, 0.5) is 0 Å². The van der Waals surface area contributed by atoms with Gasteiger partial charge >= 0.3 is 0 Å². The van der Waals surface area contributed by atoms with E-state index in [1.54, 1.807) is 0 Å². The summed E-state index contributed by atoms with van der Waals surface area (Å²) in [4.78, 5) is 5.93. The third-order valence-corrected chi connectivity index (χ3v) is 6.00. The van der Waals surface area contributed by atoms with Gasteiger partial charge in [0.25, 0.3) is 0 Å². The molecule has 3 rings (SSSR count). The highest BCUT2D eigenvalue weighted by molar-refractivity contribution is 7.11. The molecule has 2 unspecified atom stereocenters. The summed E-state index contributed by atoms with van der Waals surface area (Å²) in [6.07, 6.45) is 7.37. The van der Waals surface area contributed by atoms with Gasteiger partial charge in [0, 0.05) is 36.9 Å². The van der Waals surface area contributed by atoms with Crippen molar-refractivity contribution in [2.45, 2.75) is 63.6 Å². The summed E-state index contributed by atoms with van der Waals surface area (Å²) in [5, 5.41) is 4.98. The average molecular weight is 310 g/mol. The summed E-state index contributed by atoms with van der Waals surface area (Å²) in [6, 6.07) is 0.858. The van der Waals surface area contributed by atoms with Crippen molar-refractivity contribution >= 4 is 11.3 Å². The van der Waals surface area contributed by atoms with Crippen molar-refractivity contribution in [1.29, 1.82) is 0 Å². The Balaban J connectivity index is 1.58. The minimum atomic E-state index is 0.0609. The standard InChI is InChI=1S/C16H26N2O2S/c1-3-14-11-17-15(21-14)12(2)18-13-4-7-20-16(10-13)5-8-19-9-6-16/h11-13,18H,3-10H2,1-2H3. The normalized spacial score (nSPS) is 26.9. The fraction of sp³-hybridized carbons (Fsp3) is 0.812. The predicted octanol–water partition coefficient (Wildman–Crippen LogP) is 3.08. The molecule has 5 heteroatoms. The molecule has 2 atom stereocenters. The van der Waals surface area contributed by atoms with Gasteiger partial charge in [-0.05, 0) is 39.0 Å². The molecule has 0 bridgehead atoms. The number of nitrogens with zero attached hydrogens (tertiary/aromatic N) is 1. The number of rotatable bonds is 4. The van der Waals surface area contributed by atoms with Crippen LogP contribution >= 0.6 is 11.3 Å². The van der Waals surface area contributed by atoms with Crippen LogP contribution < -0.4 is 5.32 Å². The zero-order valence-corrected chi connectivity index (χ0v) is 13.9. The van der Waals surface area contributed by atoms with Crippen LogP contribution in [0.3, 0.4) is 0 Å². The lowest BCUT2D eigenvalue weighted by Crippen LogP contribution is -2.50. The fourth-order valence-corrected chi connectivity index (χ4v) is 4.24. The smallest absolute Gasteiger partial charge is 0.109 e. The van der Waals surface area contributed by atoms with Crippen molar-refractivity contribution in [3.8, 4) is 0 Å². The molecule has 0 aromatic carbocycles. The summed E-state index contributed by atoms with van der Waals surface area (Å²) in [5.41, 5.74) is 0.0609. The Morgan fingerprint density at radius 3 is 2.95 bits per heavy atom.